The highest BCUT2D eigenvalue weighted by molar-refractivity contribution is 6.33. The molecule has 0 radical (unpaired) electrons. The van der Waals surface area contributed by atoms with Crippen molar-refractivity contribution < 1.29 is 4.74 Å². The third-order valence-electron chi connectivity index (χ3n) is 2.94. The molecule has 1 N–H and O–H groups in total. The van der Waals surface area contributed by atoms with E-state index in [0.717, 1.165) is 31.7 Å². The molecule has 94 valence electrons. The minimum atomic E-state index is 0.587. The molecule has 1 aromatic rings. The molecule has 18 heavy (non-hydrogen) atoms. The summed E-state index contributed by atoms with van der Waals surface area (Å²) in [6, 6.07) is 7.48. The van der Waals surface area contributed by atoms with E-state index in [1.165, 1.54) is 5.57 Å². The summed E-state index contributed by atoms with van der Waals surface area (Å²) in [5.74, 6) is 0. The molecule has 0 fully saturated rings. The topological polar surface area (TPSA) is 45.0 Å². The Balaban J connectivity index is 1.94. The van der Waals surface area contributed by atoms with Gasteiger partial charge in [-0.3, -0.25) is 0 Å². The molecule has 2 rings (SSSR count). The Morgan fingerprint density at radius 3 is 3.06 bits per heavy atom. The number of benzene rings is 1. The third-order valence-corrected chi connectivity index (χ3v) is 3.25. The Bertz CT molecular complexity index is 491. The minimum absolute atomic E-state index is 0.587. The summed E-state index contributed by atoms with van der Waals surface area (Å²) in [4.78, 5) is 0. The molecule has 1 heterocycles. The lowest BCUT2D eigenvalue weighted by molar-refractivity contribution is 0.153. The Morgan fingerprint density at radius 1 is 1.44 bits per heavy atom. The van der Waals surface area contributed by atoms with Gasteiger partial charge in [0.1, 0.15) is 6.07 Å². The van der Waals surface area contributed by atoms with Gasteiger partial charge in [-0.25, -0.2) is 0 Å². The van der Waals surface area contributed by atoms with Crippen molar-refractivity contribution in [3.63, 3.8) is 0 Å². The maximum absolute atomic E-state index is 9.01. The van der Waals surface area contributed by atoms with Crippen LogP contribution in [0.1, 0.15) is 18.4 Å². The number of halogens is 1. The fourth-order valence-corrected chi connectivity index (χ4v) is 2.18. The van der Waals surface area contributed by atoms with Crippen LogP contribution in [0.15, 0.2) is 29.8 Å². The monoisotopic (exact) mass is 262 g/mol. The van der Waals surface area contributed by atoms with Crippen LogP contribution in [0.5, 0.6) is 0 Å². The molecule has 0 atom stereocenters. The van der Waals surface area contributed by atoms with E-state index in [0.29, 0.717) is 17.2 Å². The van der Waals surface area contributed by atoms with E-state index >= 15 is 0 Å². The van der Waals surface area contributed by atoms with Crippen molar-refractivity contribution in [1.82, 2.24) is 0 Å². The minimum Gasteiger partial charge on any atom is -0.382 e. The summed E-state index contributed by atoms with van der Waals surface area (Å²) in [6.07, 6.45) is 4.08. The van der Waals surface area contributed by atoms with E-state index in [2.05, 4.69) is 17.5 Å². The standard InChI is InChI=1S/C14H15ClN2O/c15-13-3-1-2-12(10-16)14(13)17-7-4-11-5-8-18-9-6-11/h1-3,5,17H,4,6-9H2. The first-order valence-electron chi connectivity index (χ1n) is 5.99. The summed E-state index contributed by atoms with van der Waals surface area (Å²) >= 11 is 6.08. The second kappa shape index (κ2) is 6.44. The first-order valence-corrected chi connectivity index (χ1v) is 6.37. The average Bonchev–Trinajstić information content (AvgIpc) is 2.41. The van der Waals surface area contributed by atoms with Gasteiger partial charge in [0, 0.05) is 6.54 Å². The van der Waals surface area contributed by atoms with Gasteiger partial charge in [0.2, 0.25) is 0 Å². The molecule has 1 aliphatic rings. The average molecular weight is 263 g/mol. The molecule has 0 saturated carbocycles. The van der Waals surface area contributed by atoms with Crippen LogP contribution in [0.25, 0.3) is 0 Å². The van der Waals surface area contributed by atoms with E-state index in [-0.39, 0.29) is 0 Å². The number of nitriles is 1. The van der Waals surface area contributed by atoms with Gasteiger partial charge in [0.05, 0.1) is 29.5 Å². The zero-order valence-corrected chi connectivity index (χ0v) is 10.8. The molecule has 0 saturated heterocycles. The predicted octanol–water partition coefficient (Wildman–Crippen LogP) is 3.36. The fraction of sp³-hybridized carbons (Fsp3) is 0.357. The molecule has 1 aromatic carbocycles. The van der Waals surface area contributed by atoms with Crippen molar-refractivity contribution >= 4 is 17.3 Å². The second-order valence-corrected chi connectivity index (χ2v) is 4.55. The lowest BCUT2D eigenvalue weighted by Gasteiger charge is -2.15. The first-order chi connectivity index (χ1) is 8.81. The van der Waals surface area contributed by atoms with Crippen molar-refractivity contribution in [3.05, 3.63) is 40.4 Å². The van der Waals surface area contributed by atoms with E-state index in [1.807, 2.05) is 0 Å². The normalized spacial score (nSPS) is 14.8. The second-order valence-electron chi connectivity index (χ2n) is 4.14. The molecule has 0 aromatic heterocycles. The number of nitrogens with one attached hydrogen (secondary N) is 1. The Hall–Kier alpha value is -1.50. The number of ether oxygens (including phenoxy) is 1. The summed E-state index contributed by atoms with van der Waals surface area (Å²) in [5.41, 5.74) is 2.72. The zero-order valence-electron chi connectivity index (χ0n) is 10.1. The molecule has 0 unspecified atom stereocenters. The van der Waals surface area contributed by atoms with Crippen LogP contribution in [-0.4, -0.2) is 19.8 Å². The number of nitrogens with zero attached hydrogens (tertiary/aromatic N) is 1. The van der Waals surface area contributed by atoms with Crippen molar-refractivity contribution in [2.24, 2.45) is 0 Å². The molecule has 0 spiro atoms. The lowest BCUT2D eigenvalue weighted by atomic mass is 10.1. The summed E-state index contributed by atoms with van der Waals surface area (Å²) in [6.45, 7) is 2.30. The molecule has 0 bridgehead atoms. The number of rotatable bonds is 4. The van der Waals surface area contributed by atoms with Gasteiger partial charge in [0.15, 0.2) is 0 Å². The summed E-state index contributed by atoms with van der Waals surface area (Å²) in [7, 11) is 0. The van der Waals surface area contributed by atoms with Crippen molar-refractivity contribution in [1.29, 1.82) is 5.26 Å². The van der Waals surface area contributed by atoms with E-state index < -0.39 is 0 Å². The smallest absolute Gasteiger partial charge is 0.101 e. The highest BCUT2D eigenvalue weighted by Gasteiger charge is 2.07. The molecule has 0 aliphatic carbocycles. The lowest BCUT2D eigenvalue weighted by Crippen LogP contribution is -2.09. The van der Waals surface area contributed by atoms with Crippen LogP contribution in [0.4, 0.5) is 5.69 Å². The summed E-state index contributed by atoms with van der Waals surface area (Å²) in [5, 5.41) is 12.9. The van der Waals surface area contributed by atoms with Gasteiger partial charge in [-0.15, -0.1) is 0 Å². The van der Waals surface area contributed by atoms with Crippen LogP contribution in [0, 0.1) is 11.3 Å². The van der Waals surface area contributed by atoms with Gasteiger partial charge < -0.3 is 10.1 Å². The van der Waals surface area contributed by atoms with Gasteiger partial charge in [0.25, 0.3) is 0 Å². The number of hydrogen-bond acceptors (Lipinski definition) is 3. The quantitative estimate of drug-likeness (QED) is 0.847. The van der Waals surface area contributed by atoms with Gasteiger partial charge in [-0.2, -0.15) is 5.26 Å². The third kappa shape index (κ3) is 3.25. The number of para-hydroxylation sites is 1. The zero-order chi connectivity index (χ0) is 12.8. The maximum Gasteiger partial charge on any atom is 0.101 e. The maximum atomic E-state index is 9.01. The highest BCUT2D eigenvalue weighted by atomic mass is 35.5. The van der Waals surface area contributed by atoms with Crippen LogP contribution >= 0.6 is 11.6 Å². The number of hydrogen-bond donors (Lipinski definition) is 1. The van der Waals surface area contributed by atoms with Crippen LogP contribution in [0.2, 0.25) is 5.02 Å². The largest absolute Gasteiger partial charge is 0.382 e. The van der Waals surface area contributed by atoms with Gasteiger partial charge in [-0.05, 0) is 25.0 Å². The Labute approximate surface area is 112 Å². The molecule has 1 aliphatic heterocycles. The van der Waals surface area contributed by atoms with E-state index in [4.69, 9.17) is 21.6 Å². The van der Waals surface area contributed by atoms with E-state index in [1.54, 1.807) is 18.2 Å². The van der Waals surface area contributed by atoms with Crippen LogP contribution < -0.4 is 5.32 Å². The predicted molar refractivity (Wildman–Crippen MR) is 72.8 cm³/mol. The van der Waals surface area contributed by atoms with Crippen molar-refractivity contribution in [3.8, 4) is 6.07 Å². The van der Waals surface area contributed by atoms with Gasteiger partial charge in [-0.1, -0.05) is 29.3 Å². The highest BCUT2D eigenvalue weighted by Crippen LogP contribution is 2.25. The van der Waals surface area contributed by atoms with Crippen molar-refractivity contribution in [2.75, 3.05) is 25.1 Å². The molecule has 4 heteroatoms. The molecule has 3 nitrogen and oxygen atoms in total. The number of anilines is 1. The van der Waals surface area contributed by atoms with Gasteiger partial charge >= 0.3 is 0 Å². The Morgan fingerprint density at radius 2 is 2.33 bits per heavy atom. The SMILES string of the molecule is N#Cc1cccc(Cl)c1NCCC1=CCOCC1. The van der Waals surface area contributed by atoms with Crippen molar-refractivity contribution in [2.45, 2.75) is 12.8 Å². The van der Waals surface area contributed by atoms with Crippen LogP contribution in [-0.2, 0) is 4.74 Å². The molecular weight excluding hydrogens is 248 g/mol. The fourth-order valence-electron chi connectivity index (χ4n) is 1.94. The summed E-state index contributed by atoms with van der Waals surface area (Å²) < 4.78 is 5.26. The molecular formula is C14H15ClN2O. The Kier molecular flexibility index (Phi) is 4.63. The van der Waals surface area contributed by atoms with Crippen LogP contribution in [0.3, 0.4) is 0 Å². The molecule has 0 amide bonds. The first kappa shape index (κ1) is 12.9. The van der Waals surface area contributed by atoms with E-state index in [9.17, 15) is 0 Å².